The first-order valence-corrected chi connectivity index (χ1v) is 11.2. The SMILES string of the molecule is CCN(CC)CCN1C(=O)C(=O)/C(=C(/O)c2ccc3c(c2)CC(C)O3)C1c1ccc(C)o1. The fourth-order valence-electron chi connectivity index (χ4n) is 4.52. The molecule has 2 aromatic rings. The number of nitrogens with zero attached hydrogens (tertiary/aromatic N) is 2. The number of carbonyl (C=O) groups is 2. The average Bonchev–Trinajstić information content (AvgIpc) is 3.44. The number of aryl methyl sites for hydroxylation is 1. The van der Waals surface area contributed by atoms with Crippen molar-refractivity contribution in [3.05, 3.63) is 58.6 Å². The second-order valence-corrected chi connectivity index (χ2v) is 8.42. The smallest absolute Gasteiger partial charge is 0.295 e. The van der Waals surface area contributed by atoms with E-state index in [4.69, 9.17) is 9.15 Å². The molecule has 0 saturated carbocycles. The van der Waals surface area contributed by atoms with Gasteiger partial charge in [-0.1, -0.05) is 13.8 Å². The van der Waals surface area contributed by atoms with Crippen LogP contribution in [0.2, 0.25) is 0 Å². The molecular weight excluding hydrogens is 408 g/mol. The molecule has 1 amide bonds. The molecule has 0 spiro atoms. The molecule has 1 N–H and O–H groups in total. The highest BCUT2D eigenvalue weighted by Gasteiger charge is 2.47. The maximum atomic E-state index is 13.1. The minimum atomic E-state index is -0.761. The molecule has 32 heavy (non-hydrogen) atoms. The fourth-order valence-corrected chi connectivity index (χ4v) is 4.52. The van der Waals surface area contributed by atoms with Gasteiger partial charge in [0, 0.05) is 25.1 Å². The predicted octanol–water partition coefficient (Wildman–Crippen LogP) is 3.67. The van der Waals surface area contributed by atoms with Crippen molar-refractivity contribution < 1.29 is 23.8 Å². The Morgan fingerprint density at radius 1 is 1.19 bits per heavy atom. The van der Waals surface area contributed by atoms with Crippen LogP contribution in [0, 0.1) is 6.92 Å². The second-order valence-electron chi connectivity index (χ2n) is 8.42. The Balaban J connectivity index is 1.76. The third-order valence-electron chi connectivity index (χ3n) is 6.29. The highest BCUT2D eigenvalue weighted by Crippen LogP contribution is 2.41. The molecule has 170 valence electrons. The van der Waals surface area contributed by atoms with Crippen molar-refractivity contribution in [3.8, 4) is 5.75 Å². The fraction of sp³-hybridized carbons (Fsp3) is 0.440. The van der Waals surface area contributed by atoms with E-state index in [0.29, 0.717) is 30.2 Å². The lowest BCUT2D eigenvalue weighted by Gasteiger charge is -2.26. The van der Waals surface area contributed by atoms with Crippen LogP contribution in [-0.2, 0) is 16.0 Å². The number of likely N-dealkylation sites (tertiary alicyclic amines) is 1. The number of carbonyl (C=O) groups excluding carboxylic acids is 2. The number of likely N-dealkylation sites (N-methyl/N-ethyl adjacent to an activating group) is 1. The van der Waals surface area contributed by atoms with Crippen LogP contribution in [0.15, 0.2) is 40.3 Å². The number of ether oxygens (including phenoxy) is 1. The van der Waals surface area contributed by atoms with Crippen molar-refractivity contribution in [2.75, 3.05) is 26.2 Å². The molecule has 1 aromatic heterocycles. The third-order valence-corrected chi connectivity index (χ3v) is 6.29. The van der Waals surface area contributed by atoms with Crippen molar-refractivity contribution >= 4 is 17.4 Å². The van der Waals surface area contributed by atoms with Crippen LogP contribution in [0.3, 0.4) is 0 Å². The van der Waals surface area contributed by atoms with Crippen LogP contribution in [0.5, 0.6) is 5.75 Å². The zero-order valence-corrected chi connectivity index (χ0v) is 19.1. The van der Waals surface area contributed by atoms with E-state index in [2.05, 4.69) is 18.7 Å². The summed E-state index contributed by atoms with van der Waals surface area (Å²) in [7, 11) is 0. The summed E-state index contributed by atoms with van der Waals surface area (Å²) in [6.45, 7) is 10.6. The van der Waals surface area contributed by atoms with Crippen LogP contribution in [-0.4, -0.2) is 58.9 Å². The number of amides is 1. The van der Waals surface area contributed by atoms with E-state index in [-0.39, 0.29) is 17.4 Å². The Bertz CT molecular complexity index is 1070. The second kappa shape index (κ2) is 8.82. The number of fused-ring (bicyclic) bond motifs is 1. The van der Waals surface area contributed by atoms with Crippen molar-refractivity contribution in [3.63, 3.8) is 0 Å². The Morgan fingerprint density at radius 3 is 2.59 bits per heavy atom. The Hall–Kier alpha value is -3.06. The van der Waals surface area contributed by atoms with Gasteiger partial charge in [-0.2, -0.15) is 0 Å². The molecule has 3 heterocycles. The lowest BCUT2D eigenvalue weighted by atomic mass is 9.97. The van der Waals surface area contributed by atoms with Crippen LogP contribution in [0.4, 0.5) is 0 Å². The van der Waals surface area contributed by atoms with Gasteiger partial charge in [-0.15, -0.1) is 0 Å². The topological polar surface area (TPSA) is 83.2 Å². The van der Waals surface area contributed by atoms with Crippen molar-refractivity contribution in [1.82, 2.24) is 9.80 Å². The first-order valence-electron chi connectivity index (χ1n) is 11.2. The standard InChI is InChI=1S/C25H30N2O5/c1-5-26(6-2)11-12-27-22(20-9-7-15(3)31-20)21(24(29)25(27)30)23(28)17-8-10-19-18(14-17)13-16(4)32-19/h7-10,14,16,22,28H,5-6,11-13H2,1-4H3/b23-21+. The minimum absolute atomic E-state index is 0.0656. The Kier molecular flexibility index (Phi) is 6.11. The van der Waals surface area contributed by atoms with E-state index in [1.165, 1.54) is 4.90 Å². The lowest BCUT2D eigenvalue weighted by Crippen LogP contribution is -2.37. The van der Waals surface area contributed by atoms with E-state index < -0.39 is 17.7 Å². The van der Waals surface area contributed by atoms with E-state index >= 15 is 0 Å². The number of furan rings is 1. The normalized spacial score (nSPS) is 22.0. The number of Topliss-reactive ketones (excluding diaryl/α,β-unsaturated/α-hetero) is 1. The van der Waals surface area contributed by atoms with Gasteiger partial charge in [0.2, 0.25) is 0 Å². The Labute approximate surface area is 188 Å². The molecule has 1 aromatic carbocycles. The number of benzene rings is 1. The molecule has 0 radical (unpaired) electrons. The molecule has 0 bridgehead atoms. The Morgan fingerprint density at radius 2 is 1.94 bits per heavy atom. The van der Waals surface area contributed by atoms with Gasteiger partial charge in [-0.05, 0) is 62.8 Å². The van der Waals surface area contributed by atoms with Crippen LogP contribution < -0.4 is 4.74 Å². The summed E-state index contributed by atoms with van der Waals surface area (Å²) < 4.78 is 11.6. The van der Waals surface area contributed by atoms with Gasteiger partial charge in [0.1, 0.15) is 35.2 Å². The summed E-state index contributed by atoms with van der Waals surface area (Å²) in [4.78, 5) is 29.8. The number of ketones is 1. The molecule has 4 rings (SSSR count). The van der Waals surface area contributed by atoms with E-state index in [1.54, 1.807) is 24.3 Å². The first kappa shape index (κ1) is 22.1. The van der Waals surface area contributed by atoms with Crippen molar-refractivity contribution in [1.29, 1.82) is 0 Å². The molecule has 7 heteroatoms. The van der Waals surface area contributed by atoms with Gasteiger partial charge in [-0.25, -0.2) is 0 Å². The highest BCUT2D eigenvalue weighted by molar-refractivity contribution is 6.46. The molecule has 2 atom stereocenters. The number of hydrogen-bond donors (Lipinski definition) is 1. The summed E-state index contributed by atoms with van der Waals surface area (Å²) in [5, 5.41) is 11.2. The average molecular weight is 439 g/mol. The predicted molar refractivity (Wildman–Crippen MR) is 120 cm³/mol. The maximum absolute atomic E-state index is 13.1. The summed E-state index contributed by atoms with van der Waals surface area (Å²) in [5.41, 5.74) is 1.54. The van der Waals surface area contributed by atoms with Gasteiger partial charge in [0.15, 0.2) is 0 Å². The molecular formula is C25H30N2O5. The summed E-state index contributed by atoms with van der Waals surface area (Å²) in [5.74, 6) is 0.447. The molecule has 2 unspecified atom stereocenters. The third kappa shape index (κ3) is 3.93. The van der Waals surface area contributed by atoms with Gasteiger partial charge >= 0.3 is 0 Å². The molecule has 2 aliphatic rings. The number of aliphatic hydroxyl groups excluding tert-OH is 1. The molecule has 0 aliphatic carbocycles. The highest BCUT2D eigenvalue weighted by atomic mass is 16.5. The maximum Gasteiger partial charge on any atom is 0.295 e. The molecule has 1 fully saturated rings. The molecule has 1 saturated heterocycles. The summed E-state index contributed by atoms with van der Waals surface area (Å²) >= 11 is 0. The first-order chi connectivity index (χ1) is 15.3. The molecule has 2 aliphatic heterocycles. The van der Waals surface area contributed by atoms with Crippen LogP contribution in [0.1, 0.15) is 49.5 Å². The zero-order valence-electron chi connectivity index (χ0n) is 19.1. The number of aliphatic hydroxyl groups is 1. The van der Waals surface area contributed by atoms with Crippen molar-refractivity contribution in [2.24, 2.45) is 0 Å². The monoisotopic (exact) mass is 438 g/mol. The van der Waals surface area contributed by atoms with Crippen molar-refractivity contribution in [2.45, 2.75) is 46.3 Å². The van der Waals surface area contributed by atoms with Crippen LogP contribution in [0.25, 0.3) is 5.76 Å². The minimum Gasteiger partial charge on any atom is -0.507 e. The van der Waals surface area contributed by atoms with Gasteiger partial charge in [0.05, 0.1) is 5.57 Å². The van der Waals surface area contributed by atoms with E-state index in [9.17, 15) is 14.7 Å². The van der Waals surface area contributed by atoms with Crippen LogP contribution >= 0.6 is 0 Å². The van der Waals surface area contributed by atoms with E-state index in [1.807, 2.05) is 19.9 Å². The number of hydrogen-bond acceptors (Lipinski definition) is 6. The van der Waals surface area contributed by atoms with Gasteiger partial charge in [0.25, 0.3) is 11.7 Å². The van der Waals surface area contributed by atoms with E-state index in [0.717, 1.165) is 30.8 Å². The zero-order chi connectivity index (χ0) is 23.0. The lowest BCUT2D eigenvalue weighted by molar-refractivity contribution is -0.140. The van der Waals surface area contributed by atoms with Gasteiger partial charge < -0.3 is 24.1 Å². The largest absolute Gasteiger partial charge is 0.507 e. The number of rotatable bonds is 7. The van der Waals surface area contributed by atoms with Gasteiger partial charge in [-0.3, -0.25) is 9.59 Å². The summed E-state index contributed by atoms with van der Waals surface area (Å²) in [6.07, 6.45) is 0.800. The summed E-state index contributed by atoms with van der Waals surface area (Å²) in [6, 6.07) is 8.16. The quantitative estimate of drug-likeness (QED) is 0.403. The molecule has 7 nitrogen and oxygen atoms in total.